The molecule has 1 unspecified atom stereocenters. The van der Waals surface area contributed by atoms with Crippen molar-refractivity contribution in [3.63, 3.8) is 0 Å². The number of carbonyl (C=O) groups excluding carboxylic acids is 1. The lowest BCUT2D eigenvalue weighted by molar-refractivity contribution is 0.0957. The zero-order valence-electron chi connectivity index (χ0n) is 10.2. The van der Waals surface area contributed by atoms with Crippen LogP contribution in [0, 0.1) is 0 Å². The van der Waals surface area contributed by atoms with Crippen molar-refractivity contribution in [3.8, 4) is 0 Å². The van der Waals surface area contributed by atoms with E-state index in [1.54, 1.807) is 7.05 Å². The summed E-state index contributed by atoms with van der Waals surface area (Å²) < 4.78 is 2.26. The van der Waals surface area contributed by atoms with E-state index in [1.165, 1.54) is 6.42 Å². The van der Waals surface area contributed by atoms with Crippen molar-refractivity contribution in [1.82, 2.24) is 14.9 Å². The maximum absolute atomic E-state index is 11.7. The molecule has 2 heterocycles. The van der Waals surface area contributed by atoms with E-state index < -0.39 is 0 Å². The summed E-state index contributed by atoms with van der Waals surface area (Å²) in [6, 6.07) is 0.476. The van der Waals surface area contributed by atoms with Gasteiger partial charge in [-0.3, -0.25) is 4.79 Å². The lowest BCUT2D eigenvalue weighted by atomic mass is 10.0. The molecule has 0 saturated heterocycles. The Bertz CT molecular complexity index is 409. The van der Waals surface area contributed by atoms with Crippen LogP contribution in [-0.2, 0) is 12.8 Å². The number of hydrogen-bond donors (Lipinski definition) is 1. The standard InChI is InChI=1S/C12H19N3O/c1-4-10-14-11(12(16)13-3)9-7-5-6-8(2)15(9)10/h8H,4-7H2,1-3H3,(H,13,16). The highest BCUT2D eigenvalue weighted by Gasteiger charge is 2.26. The fourth-order valence-electron chi connectivity index (χ4n) is 2.52. The van der Waals surface area contributed by atoms with Gasteiger partial charge in [-0.2, -0.15) is 0 Å². The summed E-state index contributed by atoms with van der Waals surface area (Å²) >= 11 is 0. The number of rotatable bonds is 2. The number of hydrogen-bond acceptors (Lipinski definition) is 2. The third-order valence-electron chi connectivity index (χ3n) is 3.32. The Hall–Kier alpha value is -1.32. The maximum atomic E-state index is 11.7. The first-order valence-corrected chi connectivity index (χ1v) is 6.01. The van der Waals surface area contributed by atoms with Gasteiger partial charge in [0, 0.05) is 19.5 Å². The van der Waals surface area contributed by atoms with Gasteiger partial charge >= 0.3 is 0 Å². The van der Waals surface area contributed by atoms with E-state index >= 15 is 0 Å². The van der Waals surface area contributed by atoms with Gasteiger partial charge in [0.2, 0.25) is 0 Å². The van der Waals surface area contributed by atoms with Gasteiger partial charge in [0.05, 0.1) is 5.69 Å². The van der Waals surface area contributed by atoms with Crippen molar-refractivity contribution in [2.75, 3.05) is 7.05 Å². The van der Waals surface area contributed by atoms with Crippen LogP contribution in [0.1, 0.15) is 54.7 Å². The van der Waals surface area contributed by atoms with E-state index in [2.05, 4.69) is 28.7 Å². The van der Waals surface area contributed by atoms with Crippen LogP contribution in [0.3, 0.4) is 0 Å². The number of nitrogens with one attached hydrogen (secondary N) is 1. The van der Waals surface area contributed by atoms with Crippen molar-refractivity contribution < 1.29 is 4.79 Å². The molecule has 1 amide bonds. The molecule has 0 aliphatic carbocycles. The number of fused-ring (bicyclic) bond motifs is 1. The molecule has 0 spiro atoms. The summed E-state index contributed by atoms with van der Waals surface area (Å²) in [5.74, 6) is 0.985. The zero-order chi connectivity index (χ0) is 11.7. The monoisotopic (exact) mass is 221 g/mol. The summed E-state index contributed by atoms with van der Waals surface area (Å²) in [7, 11) is 1.66. The van der Waals surface area contributed by atoms with E-state index in [0.29, 0.717) is 11.7 Å². The molecule has 2 rings (SSSR count). The lowest BCUT2D eigenvalue weighted by Crippen LogP contribution is -2.22. The van der Waals surface area contributed by atoms with Crippen LogP contribution in [-0.4, -0.2) is 22.5 Å². The maximum Gasteiger partial charge on any atom is 0.271 e. The molecule has 1 N–H and O–H groups in total. The Labute approximate surface area is 96.1 Å². The predicted molar refractivity (Wildman–Crippen MR) is 62.6 cm³/mol. The van der Waals surface area contributed by atoms with Gasteiger partial charge in [-0.15, -0.1) is 0 Å². The second-order valence-corrected chi connectivity index (χ2v) is 4.37. The molecule has 4 heteroatoms. The minimum Gasteiger partial charge on any atom is -0.354 e. The third-order valence-corrected chi connectivity index (χ3v) is 3.32. The predicted octanol–water partition coefficient (Wildman–Crippen LogP) is 1.70. The number of imidazole rings is 1. The minimum absolute atomic E-state index is 0.0578. The zero-order valence-corrected chi connectivity index (χ0v) is 10.2. The average molecular weight is 221 g/mol. The topological polar surface area (TPSA) is 46.9 Å². The molecule has 0 bridgehead atoms. The first kappa shape index (κ1) is 11.2. The Morgan fingerprint density at radius 1 is 1.62 bits per heavy atom. The normalized spacial score (nSPS) is 19.3. The van der Waals surface area contributed by atoms with Crippen LogP contribution >= 0.6 is 0 Å². The van der Waals surface area contributed by atoms with Crippen molar-refractivity contribution >= 4 is 5.91 Å². The quantitative estimate of drug-likeness (QED) is 0.826. The molecule has 1 aromatic heterocycles. The molecule has 0 fully saturated rings. The highest BCUT2D eigenvalue weighted by Crippen LogP contribution is 2.28. The molecule has 1 atom stereocenters. The minimum atomic E-state index is -0.0578. The van der Waals surface area contributed by atoms with Crippen LogP contribution < -0.4 is 5.32 Å². The third kappa shape index (κ3) is 1.62. The Balaban J connectivity index is 2.52. The number of nitrogens with zero attached hydrogens (tertiary/aromatic N) is 2. The molecule has 0 saturated carbocycles. The van der Waals surface area contributed by atoms with Gasteiger partial charge < -0.3 is 9.88 Å². The number of aromatic nitrogens is 2. The van der Waals surface area contributed by atoms with Crippen LogP contribution in [0.4, 0.5) is 0 Å². The molecule has 1 aliphatic rings. The van der Waals surface area contributed by atoms with Gasteiger partial charge in [-0.05, 0) is 26.2 Å². The first-order chi connectivity index (χ1) is 7.69. The van der Waals surface area contributed by atoms with Crippen molar-refractivity contribution in [2.45, 2.75) is 45.6 Å². The van der Waals surface area contributed by atoms with Gasteiger partial charge in [0.15, 0.2) is 0 Å². The summed E-state index contributed by atoms with van der Waals surface area (Å²) in [6.07, 6.45) is 4.19. The number of aryl methyl sites for hydroxylation is 1. The highest BCUT2D eigenvalue weighted by atomic mass is 16.1. The van der Waals surface area contributed by atoms with Crippen LogP contribution in [0.15, 0.2) is 0 Å². The van der Waals surface area contributed by atoms with Crippen LogP contribution in [0.25, 0.3) is 0 Å². The smallest absolute Gasteiger partial charge is 0.271 e. The molecule has 1 aliphatic heterocycles. The molecule has 0 aromatic carbocycles. The van der Waals surface area contributed by atoms with E-state index in [-0.39, 0.29) is 5.91 Å². The second-order valence-electron chi connectivity index (χ2n) is 4.37. The lowest BCUT2D eigenvalue weighted by Gasteiger charge is -2.24. The highest BCUT2D eigenvalue weighted by molar-refractivity contribution is 5.93. The average Bonchev–Trinajstić information content (AvgIpc) is 2.68. The summed E-state index contributed by atoms with van der Waals surface area (Å²) in [6.45, 7) is 4.29. The molecule has 1 aromatic rings. The van der Waals surface area contributed by atoms with E-state index in [9.17, 15) is 4.79 Å². The molecule has 4 nitrogen and oxygen atoms in total. The SMILES string of the molecule is CCc1nc(C(=O)NC)c2n1C(C)CCC2. The first-order valence-electron chi connectivity index (χ1n) is 6.01. The number of carbonyl (C=O) groups is 1. The fraction of sp³-hybridized carbons (Fsp3) is 0.667. The fourth-order valence-corrected chi connectivity index (χ4v) is 2.52. The molecule has 0 radical (unpaired) electrons. The second kappa shape index (κ2) is 4.28. The van der Waals surface area contributed by atoms with Crippen molar-refractivity contribution in [2.24, 2.45) is 0 Å². The molecule has 16 heavy (non-hydrogen) atoms. The Morgan fingerprint density at radius 2 is 2.38 bits per heavy atom. The summed E-state index contributed by atoms with van der Waals surface area (Å²) in [5, 5.41) is 2.67. The molecular weight excluding hydrogens is 202 g/mol. The van der Waals surface area contributed by atoms with E-state index in [0.717, 1.165) is 30.8 Å². The Kier molecular flexibility index (Phi) is 2.99. The van der Waals surface area contributed by atoms with Crippen LogP contribution in [0.2, 0.25) is 0 Å². The van der Waals surface area contributed by atoms with Crippen LogP contribution in [0.5, 0.6) is 0 Å². The summed E-state index contributed by atoms with van der Waals surface area (Å²) in [4.78, 5) is 16.2. The summed E-state index contributed by atoms with van der Waals surface area (Å²) in [5.41, 5.74) is 1.75. The van der Waals surface area contributed by atoms with E-state index in [1.807, 2.05) is 0 Å². The Morgan fingerprint density at radius 3 is 3.00 bits per heavy atom. The molecular formula is C12H19N3O. The van der Waals surface area contributed by atoms with Crippen molar-refractivity contribution in [3.05, 3.63) is 17.2 Å². The van der Waals surface area contributed by atoms with Gasteiger partial charge in [-0.1, -0.05) is 6.92 Å². The molecule has 88 valence electrons. The number of amides is 1. The van der Waals surface area contributed by atoms with E-state index in [4.69, 9.17) is 0 Å². The van der Waals surface area contributed by atoms with Gasteiger partial charge in [0.1, 0.15) is 11.5 Å². The van der Waals surface area contributed by atoms with Crippen molar-refractivity contribution in [1.29, 1.82) is 0 Å². The van der Waals surface area contributed by atoms with Gasteiger partial charge in [0.25, 0.3) is 5.91 Å². The van der Waals surface area contributed by atoms with Gasteiger partial charge in [-0.25, -0.2) is 4.98 Å². The largest absolute Gasteiger partial charge is 0.354 e.